The normalized spacial score (nSPS) is 20.0. The van der Waals surface area contributed by atoms with E-state index >= 15 is 0 Å². The van der Waals surface area contributed by atoms with Crippen LogP contribution in [0.15, 0.2) is 36.9 Å². The van der Waals surface area contributed by atoms with E-state index in [1.165, 1.54) is 10.6 Å². The van der Waals surface area contributed by atoms with Crippen molar-refractivity contribution in [3.8, 4) is 11.3 Å². The van der Waals surface area contributed by atoms with E-state index in [-0.39, 0.29) is 5.92 Å². The number of sulfonamides is 1. The molecule has 3 heterocycles. The summed E-state index contributed by atoms with van der Waals surface area (Å²) in [7, 11) is -3.14. The Labute approximate surface area is 130 Å². The average Bonchev–Trinajstić information content (AvgIpc) is 2.55. The number of hydrogen-bond acceptors (Lipinski definition) is 5. The minimum atomic E-state index is -3.14. The van der Waals surface area contributed by atoms with Crippen LogP contribution in [0, 0.1) is 0 Å². The summed E-state index contributed by atoms with van der Waals surface area (Å²) >= 11 is 0. The van der Waals surface area contributed by atoms with Crippen molar-refractivity contribution in [1.29, 1.82) is 0 Å². The highest BCUT2D eigenvalue weighted by Crippen LogP contribution is 2.27. The Morgan fingerprint density at radius 2 is 2.09 bits per heavy atom. The molecule has 2 aromatic heterocycles. The van der Waals surface area contributed by atoms with Crippen LogP contribution >= 0.6 is 0 Å². The van der Waals surface area contributed by atoms with Crippen LogP contribution in [0.2, 0.25) is 0 Å². The van der Waals surface area contributed by atoms with Crippen LogP contribution in [0.4, 0.5) is 0 Å². The molecule has 1 saturated heterocycles. The maximum absolute atomic E-state index is 11.7. The summed E-state index contributed by atoms with van der Waals surface area (Å²) in [5.74, 6) is 0.110. The van der Waals surface area contributed by atoms with Crippen LogP contribution in [0.3, 0.4) is 0 Å². The third-order valence-electron chi connectivity index (χ3n) is 3.90. The monoisotopic (exact) mass is 318 g/mol. The van der Waals surface area contributed by atoms with E-state index in [1.807, 2.05) is 12.1 Å². The van der Waals surface area contributed by atoms with Crippen molar-refractivity contribution in [2.24, 2.45) is 0 Å². The molecule has 2 aromatic rings. The number of pyridine rings is 1. The van der Waals surface area contributed by atoms with Gasteiger partial charge in [-0.05, 0) is 25.0 Å². The predicted molar refractivity (Wildman–Crippen MR) is 83.7 cm³/mol. The first-order chi connectivity index (χ1) is 10.5. The molecule has 1 aliphatic rings. The van der Waals surface area contributed by atoms with E-state index in [0.29, 0.717) is 13.1 Å². The molecule has 7 heteroatoms. The number of piperidine rings is 1. The van der Waals surface area contributed by atoms with E-state index in [4.69, 9.17) is 0 Å². The van der Waals surface area contributed by atoms with Gasteiger partial charge in [0.25, 0.3) is 0 Å². The smallest absolute Gasteiger partial charge is 0.211 e. The number of nitrogens with zero attached hydrogens (tertiary/aromatic N) is 4. The Bertz CT molecular complexity index is 732. The minimum Gasteiger partial charge on any atom is -0.264 e. The fourth-order valence-electron chi connectivity index (χ4n) is 2.70. The standard InChI is InChI=1S/C15H18N4O2S/c1-22(20,21)19-7-3-5-13(11-19)15-10-17-14(9-18-15)12-4-2-6-16-8-12/h2,4,6,8-10,13H,3,5,7,11H2,1H3/t13-/m1/s1. The lowest BCUT2D eigenvalue weighted by Gasteiger charge is -2.30. The Morgan fingerprint density at radius 1 is 1.23 bits per heavy atom. The summed E-state index contributed by atoms with van der Waals surface area (Å²) in [6.45, 7) is 1.08. The van der Waals surface area contributed by atoms with Crippen molar-refractivity contribution in [2.45, 2.75) is 18.8 Å². The molecule has 1 fully saturated rings. The Hall–Kier alpha value is -1.86. The van der Waals surface area contributed by atoms with Crippen LogP contribution in [-0.4, -0.2) is 47.0 Å². The van der Waals surface area contributed by atoms with Gasteiger partial charge >= 0.3 is 0 Å². The van der Waals surface area contributed by atoms with Crippen LogP contribution in [0.1, 0.15) is 24.5 Å². The van der Waals surface area contributed by atoms with Crippen molar-refractivity contribution < 1.29 is 8.42 Å². The Morgan fingerprint density at radius 3 is 2.73 bits per heavy atom. The van der Waals surface area contributed by atoms with Gasteiger partial charge in [0.2, 0.25) is 10.0 Å². The van der Waals surface area contributed by atoms with Gasteiger partial charge in [-0.3, -0.25) is 15.0 Å². The zero-order valence-electron chi connectivity index (χ0n) is 12.4. The Kier molecular flexibility index (Phi) is 4.17. The van der Waals surface area contributed by atoms with E-state index in [0.717, 1.165) is 29.8 Å². The lowest BCUT2D eigenvalue weighted by molar-refractivity contribution is 0.314. The summed E-state index contributed by atoms with van der Waals surface area (Å²) in [5, 5.41) is 0. The van der Waals surface area contributed by atoms with E-state index in [1.54, 1.807) is 24.8 Å². The van der Waals surface area contributed by atoms with Gasteiger partial charge in [-0.25, -0.2) is 12.7 Å². The molecule has 3 rings (SSSR count). The second kappa shape index (κ2) is 6.10. The maximum Gasteiger partial charge on any atom is 0.211 e. The van der Waals surface area contributed by atoms with Crippen LogP contribution in [0.25, 0.3) is 11.3 Å². The molecule has 0 N–H and O–H groups in total. The minimum absolute atomic E-state index is 0.110. The number of aromatic nitrogens is 3. The quantitative estimate of drug-likeness (QED) is 0.860. The van der Waals surface area contributed by atoms with E-state index in [2.05, 4.69) is 15.0 Å². The van der Waals surface area contributed by atoms with Crippen LogP contribution in [0.5, 0.6) is 0 Å². The maximum atomic E-state index is 11.7. The highest BCUT2D eigenvalue weighted by atomic mass is 32.2. The number of rotatable bonds is 3. The summed E-state index contributed by atoms with van der Waals surface area (Å²) in [6.07, 6.45) is 9.98. The summed E-state index contributed by atoms with van der Waals surface area (Å²) < 4.78 is 24.9. The molecule has 1 atom stereocenters. The first-order valence-corrected chi connectivity index (χ1v) is 9.06. The predicted octanol–water partition coefficient (Wildman–Crippen LogP) is 1.68. The molecule has 0 spiro atoms. The molecule has 0 aliphatic carbocycles. The van der Waals surface area contributed by atoms with E-state index < -0.39 is 10.0 Å². The first-order valence-electron chi connectivity index (χ1n) is 7.21. The van der Waals surface area contributed by atoms with E-state index in [9.17, 15) is 8.42 Å². The third-order valence-corrected chi connectivity index (χ3v) is 5.17. The number of hydrogen-bond donors (Lipinski definition) is 0. The lowest BCUT2D eigenvalue weighted by Crippen LogP contribution is -2.38. The van der Waals surface area contributed by atoms with Gasteiger partial charge in [-0.1, -0.05) is 0 Å². The molecule has 0 bridgehead atoms. The van der Waals surface area contributed by atoms with Gasteiger partial charge in [-0.2, -0.15) is 0 Å². The fraction of sp³-hybridized carbons (Fsp3) is 0.400. The summed E-state index contributed by atoms with van der Waals surface area (Å²) in [6, 6.07) is 3.79. The molecular formula is C15H18N4O2S. The van der Waals surface area contributed by atoms with Gasteiger partial charge in [0.05, 0.1) is 23.8 Å². The molecule has 0 unspecified atom stereocenters. The molecule has 0 aromatic carbocycles. The summed E-state index contributed by atoms with van der Waals surface area (Å²) in [4.78, 5) is 13.0. The van der Waals surface area contributed by atoms with Crippen molar-refractivity contribution in [3.05, 3.63) is 42.6 Å². The third kappa shape index (κ3) is 3.31. The second-order valence-corrected chi connectivity index (χ2v) is 7.51. The van der Waals surface area contributed by atoms with Gasteiger partial charge in [-0.15, -0.1) is 0 Å². The highest BCUT2D eigenvalue weighted by molar-refractivity contribution is 7.88. The topological polar surface area (TPSA) is 76.1 Å². The van der Waals surface area contributed by atoms with Crippen molar-refractivity contribution in [1.82, 2.24) is 19.3 Å². The molecule has 0 radical (unpaired) electrons. The Balaban J connectivity index is 1.78. The molecule has 0 amide bonds. The highest BCUT2D eigenvalue weighted by Gasteiger charge is 2.27. The summed E-state index contributed by atoms with van der Waals surface area (Å²) in [5.41, 5.74) is 2.54. The average molecular weight is 318 g/mol. The zero-order chi connectivity index (χ0) is 15.6. The molecule has 6 nitrogen and oxygen atoms in total. The molecule has 116 valence electrons. The SMILES string of the molecule is CS(=O)(=O)N1CCC[C@@H](c2cnc(-c3cccnc3)cn2)C1. The van der Waals surface area contributed by atoms with Gasteiger partial charge in [0.15, 0.2) is 0 Å². The van der Waals surface area contributed by atoms with Gasteiger partial charge in [0.1, 0.15) is 0 Å². The largest absolute Gasteiger partial charge is 0.264 e. The fourth-order valence-corrected chi connectivity index (χ4v) is 3.61. The van der Waals surface area contributed by atoms with Crippen LogP contribution < -0.4 is 0 Å². The first kappa shape index (κ1) is 15.1. The lowest BCUT2D eigenvalue weighted by atomic mass is 9.96. The molecule has 1 aliphatic heterocycles. The zero-order valence-corrected chi connectivity index (χ0v) is 13.2. The second-order valence-electron chi connectivity index (χ2n) is 5.53. The van der Waals surface area contributed by atoms with Crippen LogP contribution in [-0.2, 0) is 10.0 Å². The molecule has 0 saturated carbocycles. The molecule has 22 heavy (non-hydrogen) atoms. The van der Waals surface area contributed by atoms with Crippen molar-refractivity contribution in [3.63, 3.8) is 0 Å². The molecular weight excluding hydrogens is 300 g/mol. The van der Waals surface area contributed by atoms with Crippen molar-refractivity contribution in [2.75, 3.05) is 19.3 Å². The van der Waals surface area contributed by atoms with Gasteiger partial charge in [0, 0.05) is 43.2 Å². The van der Waals surface area contributed by atoms with Crippen molar-refractivity contribution >= 4 is 10.0 Å². The van der Waals surface area contributed by atoms with Gasteiger partial charge < -0.3 is 0 Å².